The normalized spacial score (nSPS) is 13.1. The second-order valence-electron chi connectivity index (χ2n) is 7.73. The van der Waals surface area contributed by atoms with Crippen molar-refractivity contribution in [2.45, 2.75) is 58.8 Å². The fourth-order valence-electron chi connectivity index (χ4n) is 1.78. The van der Waals surface area contributed by atoms with Gasteiger partial charge in [0.25, 0.3) is 0 Å². The Morgan fingerprint density at radius 1 is 1.23 bits per heavy atom. The van der Waals surface area contributed by atoms with Crippen LogP contribution < -0.4 is 10.6 Å². The highest BCUT2D eigenvalue weighted by Crippen LogP contribution is 2.23. The Morgan fingerprint density at radius 3 is 2.35 bits per heavy atom. The van der Waals surface area contributed by atoms with Crippen LogP contribution in [0.2, 0.25) is 0 Å². The van der Waals surface area contributed by atoms with Crippen molar-refractivity contribution in [3.8, 4) is 0 Å². The van der Waals surface area contributed by atoms with Gasteiger partial charge in [-0.1, -0.05) is 0 Å². The molecule has 0 spiro atoms. The van der Waals surface area contributed by atoms with Crippen molar-refractivity contribution in [2.24, 2.45) is 0 Å². The van der Waals surface area contributed by atoms with Gasteiger partial charge < -0.3 is 20.1 Å². The smallest absolute Gasteiger partial charge is 0.331 e. The predicted octanol–water partition coefficient (Wildman–Crippen LogP) is 4.40. The molecule has 0 saturated heterocycles. The van der Waals surface area contributed by atoms with E-state index in [1.54, 1.807) is 26.8 Å². The number of thiocarbonyl (C=S) groups is 1. The number of benzene rings is 1. The van der Waals surface area contributed by atoms with Gasteiger partial charge in [0.1, 0.15) is 17.5 Å². The maximum atomic E-state index is 13.2. The Morgan fingerprint density at radius 2 is 1.85 bits per heavy atom. The number of esters is 1. The molecule has 5 nitrogen and oxygen atoms in total. The van der Waals surface area contributed by atoms with E-state index >= 15 is 0 Å². The molecule has 1 aromatic rings. The van der Waals surface area contributed by atoms with Gasteiger partial charge in [-0.15, -0.1) is 0 Å². The number of hydrogen-bond acceptors (Lipinski definition) is 4. The molecule has 0 fully saturated rings. The molecule has 1 aromatic carbocycles. The summed E-state index contributed by atoms with van der Waals surface area (Å²) >= 11 is 8.53. The molecule has 1 rings (SSSR count). The number of rotatable bonds is 5. The summed E-state index contributed by atoms with van der Waals surface area (Å²) in [6.07, 6.45) is 0. The standard InChI is InChI=1S/C18H26BrFN2O3S/c1-17(2,3)24-10-14(15(23)25-18(4,5)6)22-16(26)21-13-8-7-11(20)9-12(13)19/h7-9,14H,10H2,1-6H3,(H2,21,22,26). The van der Waals surface area contributed by atoms with Gasteiger partial charge in [-0.2, -0.15) is 0 Å². The highest BCUT2D eigenvalue weighted by molar-refractivity contribution is 9.10. The molecule has 0 radical (unpaired) electrons. The first-order valence-corrected chi connectivity index (χ1v) is 9.36. The second kappa shape index (κ2) is 9.10. The third-order valence-electron chi connectivity index (χ3n) is 2.86. The van der Waals surface area contributed by atoms with Crippen molar-refractivity contribution in [2.75, 3.05) is 11.9 Å². The van der Waals surface area contributed by atoms with Gasteiger partial charge in [-0.05, 0) is 87.9 Å². The van der Waals surface area contributed by atoms with E-state index in [-0.39, 0.29) is 17.5 Å². The van der Waals surface area contributed by atoms with Gasteiger partial charge in [0.2, 0.25) is 0 Å². The fraction of sp³-hybridized carbons (Fsp3) is 0.556. The van der Waals surface area contributed by atoms with Crippen LogP contribution >= 0.6 is 28.1 Å². The van der Waals surface area contributed by atoms with E-state index < -0.39 is 23.2 Å². The number of halogens is 2. The van der Waals surface area contributed by atoms with Crippen molar-refractivity contribution in [1.29, 1.82) is 0 Å². The van der Waals surface area contributed by atoms with Crippen molar-refractivity contribution < 1.29 is 18.7 Å². The number of carbonyl (C=O) groups is 1. The van der Waals surface area contributed by atoms with Crippen LogP contribution in [0.1, 0.15) is 41.5 Å². The number of hydrogen-bond donors (Lipinski definition) is 2. The molecule has 0 aliphatic rings. The van der Waals surface area contributed by atoms with Gasteiger partial charge >= 0.3 is 5.97 Å². The quantitative estimate of drug-likeness (QED) is 0.514. The Balaban J connectivity index is 2.82. The van der Waals surface area contributed by atoms with Crippen LogP contribution in [0.15, 0.2) is 22.7 Å². The third-order valence-corrected chi connectivity index (χ3v) is 3.73. The van der Waals surface area contributed by atoms with Crippen LogP contribution in [0, 0.1) is 5.82 Å². The molecule has 146 valence electrons. The maximum absolute atomic E-state index is 13.2. The average molecular weight is 449 g/mol. The predicted molar refractivity (Wildman–Crippen MR) is 109 cm³/mol. The van der Waals surface area contributed by atoms with E-state index in [1.165, 1.54) is 12.1 Å². The summed E-state index contributed by atoms with van der Waals surface area (Å²) < 4.78 is 24.8. The number of nitrogens with one attached hydrogen (secondary N) is 2. The van der Waals surface area contributed by atoms with Crippen LogP contribution in [0.4, 0.5) is 10.1 Å². The molecule has 0 aliphatic carbocycles. The zero-order valence-corrected chi connectivity index (χ0v) is 18.3. The van der Waals surface area contributed by atoms with Crippen LogP contribution in [-0.4, -0.2) is 34.9 Å². The fourth-order valence-corrected chi connectivity index (χ4v) is 2.48. The lowest BCUT2D eigenvalue weighted by atomic mass is 10.1. The highest BCUT2D eigenvalue weighted by atomic mass is 79.9. The van der Waals surface area contributed by atoms with E-state index in [4.69, 9.17) is 21.7 Å². The molecule has 1 atom stereocenters. The molecular formula is C18H26BrFN2O3S. The molecule has 2 N–H and O–H groups in total. The average Bonchev–Trinajstić information content (AvgIpc) is 2.43. The van der Waals surface area contributed by atoms with Gasteiger partial charge in [0, 0.05) is 4.47 Å². The summed E-state index contributed by atoms with van der Waals surface area (Å²) in [6.45, 7) is 11.1. The summed E-state index contributed by atoms with van der Waals surface area (Å²) in [5.74, 6) is -0.837. The van der Waals surface area contributed by atoms with E-state index in [9.17, 15) is 9.18 Å². The van der Waals surface area contributed by atoms with Crippen molar-refractivity contribution in [1.82, 2.24) is 5.32 Å². The van der Waals surface area contributed by atoms with E-state index in [1.807, 2.05) is 20.8 Å². The molecule has 0 saturated carbocycles. The lowest BCUT2D eigenvalue weighted by Crippen LogP contribution is -2.49. The zero-order chi connectivity index (χ0) is 20.1. The number of carbonyl (C=O) groups excluding carboxylic acids is 1. The monoisotopic (exact) mass is 448 g/mol. The Hall–Kier alpha value is -1.25. The number of anilines is 1. The Kier molecular flexibility index (Phi) is 7.98. The summed E-state index contributed by atoms with van der Waals surface area (Å²) in [4.78, 5) is 12.5. The van der Waals surface area contributed by atoms with Crippen LogP contribution in [-0.2, 0) is 14.3 Å². The summed E-state index contributed by atoms with van der Waals surface area (Å²) in [5, 5.41) is 6.03. The molecule has 0 bridgehead atoms. The molecular weight excluding hydrogens is 423 g/mol. The molecule has 0 aromatic heterocycles. The summed E-state index contributed by atoms with van der Waals surface area (Å²) in [7, 11) is 0. The van der Waals surface area contributed by atoms with E-state index in [0.717, 1.165) is 0 Å². The molecule has 1 unspecified atom stereocenters. The molecule has 0 aliphatic heterocycles. The minimum absolute atomic E-state index is 0.0881. The van der Waals surface area contributed by atoms with E-state index in [2.05, 4.69) is 26.6 Å². The summed E-state index contributed by atoms with van der Waals surface area (Å²) in [6, 6.07) is 3.39. The van der Waals surface area contributed by atoms with Crippen molar-refractivity contribution in [3.63, 3.8) is 0 Å². The van der Waals surface area contributed by atoms with Gasteiger partial charge in [0.05, 0.1) is 17.9 Å². The lowest BCUT2D eigenvalue weighted by molar-refractivity contribution is -0.159. The first-order chi connectivity index (χ1) is 11.8. The molecule has 8 heteroatoms. The minimum Gasteiger partial charge on any atom is -0.458 e. The van der Waals surface area contributed by atoms with Crippen molar-refractivity contribution in [3.05, 3.63) is 28.5 Å². The molecule has 26 heavy (non-hydrogen) atoms. The SMILES string of the molecule is CC(C)(C)OCC(NC(=S)Nc1ccc(F)cc1Br)C(=O)OC(C)(C)C. The minimum atomic E-state index is -0.785. The van der Waals surface area contributed by atoms with Crippen LogP contribution in [0.25, 0.3) is 0 Å². The largest absolute Gasteiger partial charge is 0.458 e. The van der Waals surface area contributed by atoms with Gasteiger partial charge in [-0.3, -0.25) is 0 Å². The Bertz CT molecular complexity index is 657. The van der Waals surface area contributed by atoms with Crippen molar-refractivity contribution >= 4 is 44.9 Å². The van der Waals surface area contributed by atoms with Crippen LogP contribution in [0.5, 0.6) is 0 Å². The summed E-state index contributed by atoms with van der Waals surface area (Å²) in [5.41, 5.74) is -0.478. The lowest BCUT2D eigenvalue weighted by Gasteiger charge is -2.28. The second-order valence-corrected chi connectivity index (χ2v) is 8.99. The molecule has 0 amide bonds. The first-order valence-electron chi connectivity index (χ1n) is 8.16. The first kappa shape index (κ1) is 22.8. The topological polar surface area (TPSA) is 59.6 Å². The van der Waals surface area contributed by atoms with E-state index in [0.29, 0.717) is 10.2 Å². The zero-order valence-electron chi connectivity index (χ0n) is 15.9. The van der Waals surface area contributed by atoms with Gasteiger partial charge in [0.15, 0.2) is 5.11 Å². The highest BCUT2D eigenvalue weighted by Gasteiger charge is 2.28. The number of ether oxygens (including phenoxy) is 2. The molecule has 0 heterocycles. The third kappa shape index (κ3) is 8.91. The van der Waals surface area contributed by atoms with Gasteiger partial charge in [-0.25, -0.2) is 9.18 Å². The van der Waals surface area contributed by atoms with Crippen LogP contribution in [0.3, 0.4) is 0 Å². The Labute approximate surface area is 168 Å². The maximum Gasteiger partial charge on any atom is 0.331 e.